The Hall–Kier alpha value is -0.820. The molecular weight excluding hydrogens is 290 g/mol. The molecule has 0 spiro atoms. The van der Waals surface area contributed by atoms with Crippen LogP contribution < -0.4 is 6.15 Å². The van der Waals surface area contributed by atoms with Crippen molar-refractivity contribution in [2.45, 2.75) is 110 Å². The third-order valence-corrected chi connectivity index (χ3v) is 5.42. The molecule has 0 fully saturated rings. The van der Waals surface area contributed by atoms with E-state index in [1.54, 1.807) is 11.1 Å². The fraction of sp³-hybridized carbons (Fsp3) is 0.739. The molecule has 1 heteroatoms. The lowest BCUT2D eigenvalue weighted by atomic mass is 9.68. The van der Waals surface area contributed by atoms with Crippen molar-refractivity contribution in [3.8, 4) is 0 Å². The molecule has 1 rings (SSSR count). The Morgan fingerprint density at radius 1 is 0.667 bits per heavy atom. The maximum Gasteiger partial charge on any atom is -0.00442 e. The average molecular weight is 334 g/mol. The van der Waals surface area contributed by atoms with Gasteiger partial charge in [-0.2, -0.15) is 0 Å². The third kappa shape index (κ3) is 6.97. The highest BCUT2D eigenvalue weighted by atomic mass is 14.4. The summed E-state index contributed by atoms with van der Waals surface area (Å²) in [5.41, 5.74) is 3.77. The highest BCUT2D eigenvalue weighted by Gasteiger charge is 2.32. The minimum absolute atomic E-state index is 0. The lowest BCUT2D eigenvalue weighted by Crippen LogP contribution is -2.28. The van der Waals surface area contributed by atoms with Crippen LogP contribution in [0.2, 0.25) is 0 Å². The molecular formula is C23H43N. The molecule has 0 saturated carbocycles. The van der Waals surface area contributed by atoms with Gasteiger partial charge >= 0.3 is 0 Å². The van der Waals surface area contributed by atoms with E-state index in [4.69, 9.17) is 0 Å². The van der Waals surface area contributed by atoms with Gasteiger partial charge in [0.2, 0.25) is 0 Å². The number of rotatable bonds is 13. The van der Waals surface area contributed by atoms with E-state index < -0.39 is 0 Å². The Morgan fingerprint density at radius 3 is 1.58 bits per heavy atom. The summed E-state index contributed by atoms with van der Waals surface area (Å²) in [6.45, 7) is 9.33. The maximum absolute atomic E-state index is 2.46. The zero-order chi connectivity index (χ0) is 17.0. The standard InChI is InChI=1S/C23H40.H3N/c1-5-9-15-21-16-13-14-17-22(21)23(18-10-6-2,19-11-7-3)20-12-8-4;/h13-14,16-17H,5-12,15,18-20H2,1-4H3;1H3. The number of hydrogen-bond acceptors (Lipinski definition) is 1. The van der Waals surface area contributed by atoms with Crippen molar-refractivity contribution in [2.24, 2.45) is 0 Å². The first-order valence-corrected chi connectivity index (χ1v) is 10.3. The van der Waals surface area contributed by atoms with Gasteiger partial charge in [-0.3, -0.25) is 0 Å². The number of aryl methyl sites for hydroxylation is 1. The monoisotopic (exact) mass is 333 g/mol. The molecule has 0 aromatic heterocycles. The summed E-state index contributed by atoms with van der Waals surface area (Å²) in [7, 11) is 0. The minimum Gasteiger partial charge on any atom is -0.344 e. The lowest BCUT2D eigenvalue weighted by molar-refractivity contribution is 0.307. The molecule has 0 saturated heterocycles. The summed E-state index contributed by atoms with van der Waals surface area (Å²) in [6, 6.07) is 9.40. The predicted octanol–water partition coefficient (Wildman–Crippen LogP) is 8.00. The van der Waals surface area contributed by atoms with Crippen molar-refractivity contribution >= 4 is 0 Å². The van der Waals surface area contributed by atoms with Gasteiger partial charge in [0.25, 0.3) is 0 Å². The summed E-state index contributed by atoms with van der Waals surface area (Å²) in [4.78, 5) is 0. The first-order valence-electron chi connectivity index (χ1n) is 10.3. The fourth-order valence-corrected chi connectivity index (χ4v) is 3.95. The molecule has 0 unspecified atom stereocenters. The molecule has 140 valence electrons. The van der Waals surface area contributed by atoms with Crippen LogP contribution in [0.3, 0.4) is 0 Å². The van der Waals surface area contributed by atoms with Crippen LogP contribution in [0.5, 0.6) is 0 Å². The van der Waals surface area contributed by atoms with Gasteiger partial charge in [-0.15, -0.1) is 0 Å². The molecule has 0 aliphatic heterocycles. The second-order valence-electron chi connectivity index (χ2n) is 7.35. The summed E-state index contributed by atoms with van der Waals surface area (Å²) < 4.78 is 0. The van der Waals surface area contributed by atoms with Crippen LogP contribution in [0.15, 0.2) is 24.3 Å². The number of benzene rings is 1. The van der Waals surface area contributed by atoms with E-state index in [-0.39, 0.29) is 6.15 Å². The third-order valence-electron chi connectivity index (χ3n) is 5.42. The van der Waals surface area contributed by atoms with Crippen LogP contribution in [0, 0.1) is 0 Å². The van der Waals surface area contributed by atoms with E-state index in [9.17, 15) is 0 Å². The van der Waals surface area contributed by atoms with E-state index in [1.165, 1.54) is 77.0 Å². The molecule has 0 amide bonds. The largest absolute Gasteiger partial charge is 0.344 e. The Labute approximate surface area is 152 Å². The molecule has 3 N–H and O–H groups in total. The normalized spacial score (nSPS) is 11.3. The Morgan fingerprint density at radius 2 is 1.12 bits per heavy atom. The first kappa shape index (κ1) is 23.2. The van der Waals surface area contributed by atoms with E-state index in [0.717, 1.165) is 0 Å². The van der Waals surface area contributed by atoms with Crippen molar-refractivity contribution in [3.05, 3.63) is 35.4 Å². The maximum atomic E-state index is 2.46. The smallest absolute Gasteiger partial charge is 0.00442 e. The summed E-state index contributed by atoms with van der Waals surface area (Å²) in [5, 5.41) is 0. The molecule has 0 heterocycles. The summed E-state index contributed by atoms with van der Waals surface area (Å²) in [6.07, 6.45) is 16.1. The van der Waals surface area contributed by atoms with Gasteiger partial charge in [0.1, 0.15) is 0 Å². The Balaban J connectivity index is 0.00000529. The zero-order valence-electron chi connectivity index (χ0n) is 17.0. The highest BCUT2D eigenvalue weighted by molar-refractivity contribution is 5.35. The fourth-order valence-electron chi connectivity index (χ4n) is 3.95. The van der Waals surface area contributed by atoms with Crippen LogP contribution >= 0.6 is 0 Å². The molecule has 24 heavy (non-hydrogen) atoms. The molecule has 0 radical (unpaired) electrons. The summed E-state index contributed by atoms with van der Waals surface area (Å²) >= 11 is 0. The van der Waals surface area contributed by atoms with Crippen molar-refractivity contribution in [3.63, 3.8) is 0 Å². The van der Waals surface area contributed by atoms with Crippen molar-refractivity contribution in [1.82, 2.24) is 6.15 Å². The second kappa shape index (κ2) is 13.5. The van der Waals surface area contributed by atoms with Crippen LogP contribution in [0.25, 0.3) is 0 Å². The lowest BCUT2D eigenvalue weighted by Gasteiger charge is -2.37. The van der Waals surface area contributed by atoms with Crippen LogP contribution in [0.1, 0.15) is 109 Å². The second-order valence-corrected chi connectivity index (χ2v) is 7.35. The van der Waals surface area contributed by atoms with Crippen molar-refractivity contribution in [1.29, 1.82) is 0 Å². The molecule has 0 aliphatic rings. The zero-order valence-corrected chi connectivity index (χ0v) is 17.0. The van der Waals surface area contributed by atoms with Crippen LogP contribution in [-0.2, 0) is 11.8 Å². The topological polar surface area (TPSA) is 35.0 Å². The van der Waals surface area contributed by atoms with Gasteiger partial charge in [-0.05, 0) is 48.6 Å². The van der Waals surface area contributed by atoms with Gasteiger partial charge in [-0.25, -0.2) is 0 Å². The van der Waals surface area contributed by atoms with Crippen molar-refractivity contribution < 1.29 is 0 Å². The summed E-state index contributed by atoms with van der Waals surface area (Å²) in [5.74, 6) is 0. The quantitative estimate of drug-likeness (QED) is 0.390. The van der Waals surface area contributed by atoms with E-state index >= 15 is 0 Å². The predicted molar refractivity (Wildman–Crippen MR) is 110 cm³/mol. The average Bonchev–Trinajstić information content (AvgIpc) is 2.60. The van der Waals surface area contributed by atoms with Gasteiger partial charge in [0.05, 0.1) is 0 Å². The van der Waals surface area contributed by atoms with Gasteiger partial charge in [0.15, 0.2) is 0 Å². The number of hydrogen-bond donors (Lipinski definition) is 1. The van der Waals surface area contributed by atoms with E-state index in [1.807, 2.05) is 0 Å². The van der Waals surface area contributed by atoms with Gasteiger partial charge in [-0.1, -0.05) is 96.9 Å². The molecule has 1 aromatic rings. The van der Waals surface area contributed by atoms with Gasteiger partial charge in [0, 0.05) is 0 Å². The number of unbranched alkanes of at least 4 members (excludes halogenated alkanes) is 4. The first-order chi connectivity index (χ1) is 11.2. The van der Waals surface area contributed by atoms with Crippen LogP contribution in [-0.4, -0.2) is 0 Å². The SMILES string of the molecule is CCCCc1ccccc1C(CCCC)(CCCC)CCCC.N. The molecule has 0 atom stereocenters. The van der Waals surface area contributed by atoms with Crippen LogP contribution in [0.4, 0.5) is 0 Å². The van der Waals surface area contributed by atoms with Gasteiger partial charge < -0.3 is 6.15 Å². The van der Waals surface area contributed by atoms with E-state index in [2.05, 4.69) is 52.0 Å². The minimum atomic E-state index is 0. The molecule has 1 aromatic carbocycles. The highest BCUT2D eigenvalue weighted by Crippen LogP contribution is 2.42. The van der Waals surface area contributed by atoms with Crippen molar-refractivity contribution in [2.75, 3.05) is 0 Å². The molecule has 1 nitrogen and oxygen atoms in total. The van der Waals surface area contributed by atoms with E-state index in [0.29, 0.717) is 5.41 Å². The Kier molecular flexibility index (Phi) is 13.0. The molecule has 0 aliphatic carbocycles. The Bertz CT molecular complexity index is 388. The molecule has 0 bridgehead atoms.